The van der Waals surface area contributed by atoms with E-state index in [2.05, 4.69) is 0 Å². The molecule has 92 valence electrons. The van der Waals surface area contributed by atoms with Gasteiger partial charge in [0, 0.05) is 13.1 Å². The van der Waals surface area contributed by atoms with Gasteiger partial charge in [0.15, 0.2) is 0 Å². The Morgan fingerprint density at radius 3 is 2.27 bits per heavy atom. The molecule has 0 aromatic carbocycles. The molecule has 0 heterocycles. The molecule has 0 saturated heterocycles. The summed E-state index contributed by atoms with van der Waals surface area (Å²) < 4.78 is 24.8. The summed E-state index contributed by atoms with van der Waals surface area (Å²) in [7, 11) is -3.27. The van der Waals surface area contributed by atoms with Crippen LogP contribution in [-0.2, 0) is 10.0 Å². The van der Waals surface area contributed by atoms with Crippen molar-refractivity contribution in [1.82, 2.24) is 4.31 Å². The van der Waals surface area contributed by atoms with Gasteiger partial charge in [0.25, 0.3) is 0 Å². The van der Waals surface area contributed by atoms with Crippen LogP contribution in [0.5, 0.6) is 0 Å². The molecular formula is C9H22N2O3S. The Balaban J connectivity index is 4.52. The molecule has 0 aliphatic rings. The first-order valence-corrected chi connectivity index (χ1v) is 6.74. The maximum atomic E-state index is 11.8. The minimum atomic E-state index is -3.27. The predicted octanol–water partition coefficient (Wildman–Crippen LogP) is -0.242. The summed E-state index contributed by atoms with van der Waals surface area (Å²) in [5.41, 5.74) is 4.26. The third kappa shape index (κ3) is 6.09. The Labute approximate surface area is 92.3 Å². The van der Waals surface area contributed by atoms with E-state index in [-0.39, 0.29) is 12.3 Å². The topological polar surface area (TPSA) is 83.6 Å². The standard InChI is InChI=1S/C9H22N2O3S/c1-4-11(8-9(2,3)12)15(13,14)7-5-6-10/h12H,4-8,10H2,1-3H3. The smallest absolute Gasteiger partial charge is 0.214 e. The maximum Gasteiger partial charge on any atom is 0.214 e. The quantitative estimate of drug-likeness (QED) is 0.641. The molecule has 0 spiro atoms. The highest BCUT2D eigenvalue weighted by Gasteiger charge is 2.26. The van der Waals surface area contributed by atoms with Gasteiger partial charge in [0.05, 0.1) is 11.4 Å². The number of nitrogens with zero attached hydrogens (tertiary/aromatic N) is 1. The first-order chi connectivity index (χ1) is 6.73. The van der Waals surface area contributed by atoms with Crippen molar-refractivity contribution < 1.29 is 13.5 Å². The van der Waals surface area contributed by atoms with Crippen LogP contribution in [0.25, 0.3) is 0 Å². The van der Waals surface area contributed by atoms with Crippen molar-refractivity contribution in [3.63, 3.8) is 0 Å². The van der Waals surface area contributed by atoms with E-state index >= 15 is 0 Å². The Morgan fingerprint density at radius 2 is 1.93 bits per heavy atom. The van der Waals surface area contributed by atoms with Crippen molar-refractivity contribution in [3.05, 3.63) is 0 Å². The fourth-order valence-corrected chi connectivity index (χ4v) is 2.93. The number of sulfonamides is 1. The van der Waals surface area contributed by atoms with Crippen LogP contribution in [0.2, 0.25) is 0 Å². The molecule has 3 N–H and O–H groups in total. The second kappa shape index (κ2) is 5.79. The lowest BCUT2D eigenvalue weighted by Crippen LogP contribution is -2.43. The van der Waals surface area contributed by atoms with Gasteiger partial charge in [-0.1, -0.05) is 6.92 Å². The SMILES string of the molecule is CCN(CC(C)(C)O)S(=O)(=O)CCCN. The maximum absolute atomic E-state index is 11.8. The lowest BCUT2D eigenvalue weighted by molar-refractivity contribution is 0.0601. The van der Waals surface area contributed by atoms with Gasteiger partial charge in [0.1, 0.15) is 0 Å². The second-order valence-corrected chi connectivity index (χ2v) is 6.29. The van der Waals surface area contributed by atoms with Crippen LogP contribution in [0.1, 0.15) is 27.2 Å². The predicted molar refractivity (Wildman–Crippen MR) is 61.0 cm³/mol. The highest BCUT2D eigenvalue weighted by molar-refractivity contribution is 7.89. The van der Waals surface area contributed by atoms with Crippen molar-refractivity contribution >= 4 is 10.0 Å². The molecule has 0 rings (SSSR count). The molecule has 0 radical (unpaired) electrons. The van der Waals surface area contributed by atoms with E-state index in [1.807, 2.05) is 0 Å². The van der Waals surface area contributed by atoms with E-state index in [4.69, 9.17) is 5.73 Å². The van der Waals surface area contributed by atoms with Crippen molar-refractivity contribution in [2.45, 2.75) is 32.8 Å². The van der Waals surface area contributed by atoms with Gasteiger partial charge in [-0.2, -0.15) is 4.31 Å². The van der Waals surface area contributed by atoms with Crippen LogP contribution >= 0.6 is 0 Å². The summed E-state index contributed by atoms with van der Waals surface area (Å²) in [4.78, 5) is 0. The lowest BCUT2D eigenvalue weighted by atomic mass is 10.1. The molecule has 0 aromatic heterocycles. The van der Waals surface area contributed by atoms with Gasteiger partial charge in [-0.15, -0.1) is 0 Å². The molecule has 15 heavy (non-hydrogen) atoms. The van der Waals surface area contributed by atoms with E-state index in [9.17, 15) is 13.5 Å². The molecule has 6 heteroatoms. The van der Waals surface area contributed by atoms with Crippen molar-refractivity contribution in [1.29, 1.82) is 0 Å². The first-order valence-electron chi connectivity index (χ1n) is 5.13. The molecule has 5 nitrogen and oxygen atoms in total. The van der Waals surface area contributed by atoms with Gasteiger partial charge in [0.2, 0.25) is 10.0 Å². The average molecular weight is 238 g/mol. The van der Waals surface area contributed by atoms with E-state index < -0.39 is 15.6 Å². The Hall–Kier alpha value is -0.170. The zero-order valence-electron chi connectivity index (χ0n) is 9.73. The molecule has 0 atom stereocenters. The molecular weight excluding hydrogens is 216 g/mol. The molecule has 0 aromatic rings. The highest BCUT2D eigenvalue weighted by Crippen LogP contribution is 2.10. The number of nitrogens with two attached hydrogens (primary N) is 1. The van der Waals surface area contributed by atoms with Crippen LogP contribution in [0.4, 0.5) is 0 Å². The lowest BCUT2D eigenvalue weighted by Gasteiger charge is -2.27. The number of hydrogen-bond donors (Lipinski definition) is 2. The van der Waals surface area contributed by atoms with Crippen LogP contribution in [0, 0.1) is 0 Å². The monoisotopic (exact) mass is 238 g/mol. The summed E-state index contributed by atoms with van der Waals surface area (Å²) in [6, 6.07) is 0. The normalized spacial score (nSPS) is 13.5. The summed E-state index contributed by atoms with van der Waals surface area (Å²) in [6.07, 6.45) is 0.449. The number of hydrogen-bond acceptors (Lipinski definition) is 4. The summed E-state index contributed by atoms with van der Waals surface area (Å²) in [6.45, 7) is 5.79. The first kappa shape index (κ1) is 14.8. The van der Waals surface area contributed by atoms with Gasteiger partial charge < -0.3 is 10.8 Å². The number of likely N-dealkylation sites (N-methyl/N-ethyl adjacent to an activating group) is 1. The van der Waals surface area contributed by atoms with Crippen LogP contribution in [0.15, 0.2) is 0 Å². The van der Waals surface area contributed by atoms with Crippen molar-refractivity contribution in [2.24, 2.45) is 5.73 Å². The van der Waals surface area contributed by atoms with E-state index in [1.165, 1.54) is 4.31 Å². The number of aliphatic hydroxyl groups is 1. The second-order valence-electron chi connectivity index (χ2n) is 4.20. The van der Waals surface area contributed by atoms with Gasteiger partial charge in [-0.3, -0.25) is 0 Å². The summed E-state index contributed by atoms with van der Waals surface area (Å²) in [5, 5.41) is 9.58. The van der Waals surface area contributed by atoms with E-state index in [1.54, 1.807) is 20.8 Å². The largest absolute Gasteiger partial charge is 0.389 e. The van der Waals surface area contributed by atoms with Crippen LogP contribution < -0.4 is 5.73 Å². The Bertz CT molecular complexity index is 270. The minimum absolute atomic E-state index is 0.0490. The van der Waals surface area contributed by atoms with Crippen LogP contribution in [0.3, 0.4) is 0 Å². The van der Waals surface area contributed by atoms with Gasteiger partial charge in [-0.05, 0) is 26.8 Å². The molecule has 0 amide bonds. The minimum Gasteiger partial charge on any atom is -0.389 e. The molecule has 0 bridgehead atoms. The third-order valence-corrected chi connectivity index (χ3v) is 3.89. The Kier molecular flexibility index (Phi) is 5.72. The van der Waals surface area contributed by atoms with Gasteiger partial charge >= 0.3 is 0 Å². The summed E-state index contributed by atoms with van der Waals surface area (Å²) in [5.74, 6) is 0.0490. The zero-order chi connectivity index (χ0) is 12.1. The third-order valence-electron chi connectivity index (χ3n) is 1.92. The zero-order valence-corrected chi connectivity index (χ0v) is 10.5. The van der Waals surface area contributed by atoms with Gasteiger partial charge in [-0.25, -0.2) is 8.42 Å². The van der Waals surface area contributed by atoms with Crippen molar-refractivity contribution in [3.8, 4) is 0 Å². The highest BCUT2D eigenvalue weighted by atomic mass is 32.2. The number of rotatable bonds is 7. The molecule has 0 fully saturated rings. The van der Waals surface area contributed by atoms with E-state index in [0.29, 0.717) is 19.5 Å². The molecule has 0 saturated carbocycles. The molecule has 0 aliphatic carbocycles. The molecule has 0 unspecified atom stereocenters. The van der Waals surface area contributed by atoms with E-state index in [0.717, 1.165) is 0 Å². The fraction of sp³-hybridized carbons (Fsp3) is 1.00. The molecule has 0 aliphatic heterocycles. The van der Waals surface area contributed by atoms with Crippen molar-refractivity contribution in [2.75, 3.05) is 25.4 Å². The Morgan fingerprint density at radius 1 is 1.40 bits per heavy atom. The average Bonchev–Trinajstić information content (AvgIpc) is 2.09. The van der Waals surface area contributed by atoms with Crippen LogP contribution in [-0.4, -0.2) is 48.8 Å². The summed E-state index contributed by atoms with van der Waals surface area (Å²) >= 11 is 0. The fourth-order valence-electron chi connectivity index (χ4n) is 1.23.